The third-order valence-electron chi connectivity index (χ3n) is 5.96. The number of fused-ring (bicyclic) bond motifs is 1. The maximum atomic E-state index is 13.1. The maximum absolute atomic E-state index is 13.1. The molecule has 2 aliphatic rings. The molecule has 1 atom stereocenters. The first-order valence-electron chi connectivity index (χ1n) is 10.6. The highest BCUT2D eigenvalue weighted by molar-refractivity contribution is 5.93. The number of urea groups is 1. The van der Waals surface area contributed by atoms with Gasteiger partial charge in [-0.1, -0.05) is 36.4 Å². The molecule has 1 heterocycles. The molecular weight excluding hydrogens is 421 g/mol. The highest BCUT2D eigenvalue weighted by Crippen LogP contribution is 2.34. The van der Waals surface area contributed by atoms with Gasteiger partial charge in [-0.05, 0) is 36.1 Å². The Labute approximate surface area is 184 Å². The van der Waals surface area contributed by atoms with Gasteiger partial charge in [0.15, 0.2) is 0 Å². The Kier molecular flexibility index (Phi) is 6.36. The summed E-state index contributed by atoms with van der Waals surface area (Å²) in [4.78, 5) is 28.5. The fourth-order valence-corrected chi connectivity index (χ4v) is 4.29. The summed E-state index contributed by atoms with van der Waals surface area (Å²) in [6.07, 6.45) is -2.71. The van der Waals surface area contributed by atoms with Crippen LogP contribution in [-0.4, -0.2) is 54.5 Å². The number of aryl methyl sites for hydroxylation is 1. The quantitative estimate of drug-likeness (QED) is 0.754. The first kappa shape index (κ1) is 22.1. The Bertz CT molecular complexity index is 987. The zero-order valence-electron chi connectivity index (χ0n) is 17.5. The minimum absolute atomic E-state index is 0.0104. The van der Waals surface area contributed by atoms with Crippen LogP contribution in [0.1, 0.15) is 29.2 Å². The summed E-state index contributed by atoms with van der Waals surface area (Å²) in [6.45, 7) is 1.82. The van der Waals surface area contributed by atoms with E-state index in [4.69, 9.17) is 0 Å². The van der Waals surface area contributed by atoms with E-state index in [1.54, 1.807) is 4.90 Å². The van der Waals surface area contributed by atoms with Crippen LogP contribution in [0, 0.1) is 0 Å². The molecule has 0 spiro atoms. The van der Waals surface area contributed by atoms with Crippen molar-refractivity contribution in [1.82, 2.24) is 15.1 Å². The van der Waals surface area contributed by atoms with Crippen molar-refractivity contribution < 1.29 is 22.8 Å². The number of rotatable bonds is 4. The van der Waals surface area contributed by atoms with Gasteiger partial charge in [0.05, 0.1) is 23.8 Å². The normalized spacial score (nSPS) is 18.8. The number of alkyl halides is 3. The lowest BCUT2D eigenvalue weighted by Crippen LogP contribution is -2.53. The summed E-state index contributed by atoms with van der Waals surface area (Å²) in [5.74, 6) is -0.512. The van der Waals surface area contributed by atoms with Crippen LogP contribution in [0.15, 0.2) is 48.5 Å². The van der Waals surface area contributed by atoms with Gasteiger partial charge in [-0.2, -0.15) is 13.2 Å². The van der Waals surface area contributed by atoms with Crippen molar-refractivity contribution in [3.8, 4) is 0 Å². The number of carbonyl (C=O) groups excluding carboxylic acids is 2. The summed E-state index contributed by atoms with van der Waals surface area (Å²) in [5, 5.41) is 5.46. The minimum Gasteiger partial charge on any atom is -0.331 e. The second kappa shape index (κ2) is 9.20. The zero-order chi connectivity index (χ0) is 22.7. The largest absolute Gasteiger partial charge is 0.418 e. The molecule has 1 aliphatic heterocycles. The highest BCUT2D eigenvalue weighted by Gasteiger charge is 2.34. The molecule has 0 radical (unpaired) electrons. The number of anilines is 1. The van der Waals surface area contributed by atoms with E-state index in [-0.39, 0.29) is 24.3 Å². The van der Waals surface area contributed by atoms with Crippen LogP contribution in [0.25, 0.3) is 0 Å². The number of hydrogen-bond acceptors (Lipinski definition) is 3. The Morgan fingerprint density at radius 1 is 0.969 bits per heavy atom. The van der Waals surface area contributed by atoms with Crippen molar-refractivity contribution in [2.24, 2.45) is 0 Å². The van der Waals surface area contributed by atoms with Gasteiger partial charge in [0.25, 0.3) is 0 Å². The molecule has 3 amide bonds. The summed E-state index contributed by atoms with van der Waals surface area (Å²) < 4.78 is 39.3. The van der Waals surface area contributed by atoms with Crippen molar-refractivity contribution in [2.75, 3.05) is 38.0 Å². The second-order valence-corrected chi connectivity index (χ2v) is 8.09. The average Bonchev–Trinajstić information content (AvgIpc) is 3.16. The Morgan fingerprint density at radius 2 is 1.66 bits per heavy atom. The number of nitrogens with zero attached hydrogens (tertiary/aromatic N) is 2. The van der Waals surface area contributed by atoms with E-state index < -0.39 is 17.6 Å². The van der Waals surface area contributed by atoms with Gasteiger partial charge in [-0.25, -0.2) is 4.79 Å². The van der Waals surface area contributed by atoms with Gasteiger partial charge < -0.3 is 15.5 Å². The lowest BCUT2D eigenvalue weighted by molar-refractivity contribution is -0.137. The van der Waals surface area contributed by atoms with E-state index in [1.165, 1.54) is 23.8 Å². The van der Waals surface area contributed by atoms with Crippen LogP contribution in [0.3, 0.4) is 0 Å². The van der Waals surface area contributed by atoms with Crippen LogP contribution in [0.2, 0.25) is 0 Å². The van der Waals surface area contributed by atoms with Crippen molar-refractivity contribution in [3.63, 3.8) is 0 Å². The van der Waals surface area contributed by atoms with Gasteiger partial charge in [0.1, 0.15) is 0 Å². The minimum atomic E-state index is -4.54. The third-order valence-corrected chi connectivity index (χ3v) is 5.96. The summed E-state index contributed by atoms with van der Waals surface area (Å²) in [6, 6.07) is 12.9. The number of halogens is 3. The smallest absolute Gasteiger partial charge is 0.331 e. The molecule has 0 saturated carbocycles. The molecule has 4 rings (SSSR count). The standard InChI is InChI=1S/C23H25F3N4O2/c24-23(25,26)18-7-3-4-8-20(18)27-21(31)15-29-11-13-30(14-12-29)22(32)28-19-10-9-16-5-1-2-6-17(16)19/h1-8,19H,9-15H2,(H,27,31)(H,28,32). The maximum Gasteiger partial charge on any atom is 0.418 e. The van der Waals surface area contributed by atoms with Gasteiger partial charge in [0, 0.05) is 26.2 Å². The summed E-state index contributed by atoms with van der Waals surface area (Å²) >= 11 is 0. The third kappa shape index (κ3) is 5.04. The van der Waals surface area contributed by atoms with E-state index in [1.807, 2.05) is 23.1 Å². The fourth-order valence-electron chi connectivity index (χ4n) is 4.29. The average molecular weight is 446 g/mol. The topological polar surface area (TPSA) is 64.7 Å². The molecule has 1 fully saturated rings. The van der Waals surface area contributed by atoms with Crippen LogP contribution in [0.4, 0.5) is 23.7 Å². The van der Waals surface area contributed by atoms with Crippen molar-refractivity contribution in [2.45, 2.75) is 25.1 Å². The molecule has 2 N–H and O–H groups in total. The molecule has 2 aromatic carbocycles. The lowest BCUT2D eigenvalue weighted by atomic mass is 10.1. The highest BCUT2D eigenvalue weighted by atomic mass is 19.4. The number of carbonyl (C=O) groups is 2. The van der Waals surface area contributed by atoms with Gasteiger partial charge in [0.2, 0.25) is 5.91 Å². The van der Waals surface area contributed by atoms with E-state index in [0.29, 0.717) is 26.2 Å². The van der Waals surface area contributed by atoms with Crippen LogP contribution >= 0.6 is 0 Å². The van der Waals surface area contributed by atoms with E-state index in [2.05, 4.69) is 16.7 Å². The molecule has 1 aliphatic carbocycles. The van der Waals surface area contributed by atoms with Crippen molar-refractivity contribution >= 4 is 17.6 Å². The Balaban J connectivity index is 1.26. The Hall–Kier alpha value is -3.07. The van der Waals surface area contributed by atoms with Crippen molar-refractivity contribution in [1.29, 1.82) is 0 Å². The number of para-hydroxylation sites is 1. The van der Waals surface area contributed by atoms with Crippen LogP contribution < -0.4 is 10.6 Å². The number of amides is 3. The summed E-state index contributed by atoms with van der Waals surface area (Å²) in [5.41, 5.74) is 1.30. The van der Waals surface area contributed by atoms with E-state index in [0.717, 1.165) is 24.5 Å². The predicted molar refractivity (Wildman–Crippen MR) is 114 cm³/mol. The molecule has 9 heteroatoms. The molecule has 1 saturated heterocycles. The monoisotopic (exact) mass is 446 g/mol. The SMILES string of the molecule is O=C(CN1CCN(C(=O)NC2CCc3ccccc32)CC1)Nc1ccccc1C(F)(F)F. The molecule has 1 unspecified atom stereocenters. The summed E-state index contributed by atoms with van der Waals surface area (Å²) in [7, 11) is 0. The molecule has 32 heavy (non-hydrogen) atoms. The first-order valence-corrected chi connectivity index (χ1v) is 10.6. The molecular formula is C23H25F3N4O2. The fraction of sp³-hybridized carbons (Fsp3) is 0.391. The Morgan fingerprint density at radius 3 is 2.41 bits per heavy atom. The number of piperazine rings is 1. The van der Waals surface area contributed by atoms with Gasteiger partial charge >= 0.3 is 12.2 Å². The number of hydrogen-bond donors (Lipinski definition) is 2. The molecule has 170 valence electrons. The number of benzene rings is 2. The van der Waals surface area contributed by atoms with Crippen LogP contribution in [0.5, 0.6) is 0 Å². The number of nitrogens with one attached hydrogen (secondary N) is 2. The van der Waals surface area contributed by atoms with Crippen molar-refractivity contribution in [3.05, 3.63) is 65.2 Å². The van der Waals surface area contributed by atoms with E-state index in [9.17, 15) is 22.8 Å². The van der Waals surface area contributed by atoms with E-state index >= 15 is 0 Å². The second-order valence-electron chi connectivity index (χ2n) is 8.09. The molecule has 6 nitrogen and oxygen atoms in total. The zero-order valence-corrected chi connectivity index (χ0v) is 17.5. The lowest BCUT2D eigenvalue weighted by Gasteiger charge is -2.35. The molecule has 2 aromatic rings. The first-order chi connectivity index (χ1) is 15.3. The van der Waals surface area contributed by atoms with Gasteiger partial charge in [-0.3, -0.25) is 9.69 Å². The van der Waals surface area contributed by atoms with Gasteiger partial charge in [-0.15, -0.1) is 0 Å². The molecule has 0 bridgehead atoms. The predicted octanol–water partition coefficient (Wildman–Crippen LogP) is 3.66. The molecule has 0 aromatic heterocycles. The van der Waals surface area contributed by atoms with Crippen LogP contribution in [-0.2, 0) is 17.4 Å².